The maximum Gasteiger partial charge on any atom is 0.387 e. The Bertz CT molecular complexity index is 307. The van der Waals surface area contributed by atoms with Gasteiger partial charge in [0.25, 0.3) is 0 Å². The molecule has 0 saturated carbocycles. The predicted octanol–water partition coefficient (Wildman–Crippen LogP) is 3.88. The normalized spacial score (nSPS) is 10.6. The second kappa shape index (κ2) is 5.51. The van der Waals surface area contributed by atoms with Crippen LogP contribution in [-0.2, 0) is 6.42 Å². The highest BCUT2D eigenvalue weighted by atomic mass is 79.9. The number of hydrogen-bond donors (Lipinski definition) is 0. The summed E-state index contributed by atoms with van der Waals surface area (Å²) >= 11 is 8.96. The fourth-order valence-corrected chi connectivity index (χ4v) is 1.68. The van der Waals surface area contributed by atoms with E-state index in [0.717, 1.165) is 0 Å². The maximum atomic E-state index is 12.0. The van der Waals surface area contributed by atoms with E-state index < -0.39 is 6.61 Å². The highest BCUT2D eigenvalue weighted by molar-refractivity contribution is 9.09. The van der Waals surface area contributed by atoms with Crippen LogP contribution in [0.3, 0.4) is 0 Å². The van der Waals surface area contributed by atoms with Crippen molar-refractivity contribution in [3.63, 3.8) is 0 Å². The number of benzene rings is 1. The lowest BCUT2D eigenvalue weighted by Gasteiger charge is -2.09. The third-order valence-electron chi connectivity index (χ3n) is 1.60. The summed E-state index contributed by atoms with van der Waals surface area (Å²) < 4.78 is 28.3. The molecule has 0 aliphatic heterocycles. The van der Waals surface area contributed by atoms with E-state index in [1.807, 2.05) is 0 Å². The van der Waals surface area contributed by atoms with Crippen molar-refractivity contribution in [1.29, 1.82) is 0 Å². The molecule has 0 radical (unpaired) electrons. The number of hydrogen-bond acceptors (Lipinski definition) is 1. The smallest absolute Gasteiger partial charge is 0.387 e. The number of halogens is 4. The minimum atomic E-state index is -2.80. The molecule has 0 saturated heterocycles. The second-order valence-corrected chi connectivity index (χ2v) is 3.80. The van der Waals surface area contributed by atoms with Crippen molar-refractivity contribution in [2.45, 2.75) is 13.0 Å². The summed E-state index contributed by atoms with van der Waals surface area (Å²) in [6.45, 7) is -2.80. The van der Waals surface area contributed by atoms with Crippen molar-refractivity contribution in [3.8, 4) is 5.75 Å². The Morgan fingerprint density at radius 1 is 1.43 bits per heavy atom. The Hall–Kier alpha value is -0.350. The van der Waals surface area contributed by atoms with E-state index in [0.29, 0.717) is 22.3 Å². The van der Waals surface area contributed by atoms with Crippen molar-refractivity contribution in [3.05, 3.63) is 28.8 Å². The molecule has 1 aromatic rings. The molecule has 1 nitrogen and oxygen atoms in total. The highest BCUT2D eigenvalue weighted by Crippen LogP contribution is 2.25. The summed E-state index contributed by atoms with van der Waals surface area (Å²) in [5.41, 5.74) is 0.676. The predicted molar refractivity (Wildman–Crippen MR) is 55.6 cm³/mol. The molecular formula is C9H8BrClF2O. The lowest BCUT2D eigenvalue weighted by Crippen LogP contribution is -2.04. The monoisotopic (exact) mass is 284 g/mol. The number of alkyl halides is 3. The molecule has 0 bridgehead atoms. The van der Waals surface area contributed by atoms with Crippen molar-refractivity contribution >= 4 is 27.5 Å². The van der Waals surface area contributed by atoms with Gasteiger partial charge in [-0.3, -0.25) is 0 Å². The van der Waals surface area contributed by atoms with Crippen molar-refractivity contribution < 1.29 is 13.5 Å². The summed E-state index contributed by atoms with van der Waals surface area (Å²) in [4.78, 5) is 0. The van der Waals surface area contributed by atoms with Crippen molar-refractivity contribution in [1.82, 2.24) is 0 Å². The molecule has 0 heterocycles. The van der Waals surface area contributed by atoms with Crippen LogP contribution in [0.1, 0.15) is 5.56 Å². The van der Waals surface area contributed by atoms with Crippen LogP contribution in [0.5, 0.6) is 5.75 Å². The van der Waals surface area contributed by atoms with Gasteiger partial charge in [0.15, 0.2) is 0 Å². The minimum Gasteiger partial charge on any atom is -0.435 e. The van der Waals surface area contributed by atoms with E-state index >= 15 is 0 Å². The fraction of sp³-hybridized carbons (Fsp3) is 0.333. The Balaban J connectivity index is 2.89. The molecule has 0 aromatic heterocycles. The molecule has 0 aliphatic rings. The van der Waals surface area contributed by atoms with Crippen LogP contribution < -0.4 is 4.74 Å². The third kappa shape index (κ3) is 3.42. The van der Waals surface area contributed by atoms with Gasteiger partial charge in [-0.2, -0.15) is 8.78 Å². The average molecular weight is 286 g/mol. The SMILES string of the molecule is FC(F)Oc1ccc(Cl)cc1CCBr. The standard InChI is InChI=1S/C9H8BrClF2O/c10-4-3-6-5-7(11)1-2-8(6)14-9(12)13/h1-2,5,9H,3-4H2. The molecule has 0 atom stereocenters. The van der Waals surface area contributed by atoms with Gasteiger partial charge >= 0.3 is 6.61 Å². The van der Waals surface area contributed by atoms with Crippen LogP contribution in [0.25, 0.3) is 0 Å². The van der Waals surface area contributed by atoms with Gasteiger partial charge in [-0.15, -0.1) is 0 Å². The first kappa shape index (κ1) is 11.7. The zero-order valence-electron chi connectivity index (χ0n) is 7.14. The average Bonchev–Trinajstić information content (AvgIpc) is 2.09. The van der Waals surface area contributed by atoms with E-state index in [2.05, 4.69) is 20.7 Å². The lowest BCUT2D eigenvalue weighted by molar-refractivity contribution is -0.0504. The van der Waals surface area contributed by atoms with Crippen LogP contribution in [0.15, 0.2) is 18.2 Å². The topological polar surface area (TPSA) is 9.23 Å². The first-order valence-corrected chi connectivity index (χ1v) is 5.42. The summed E-state index contributed by atoms with van der Waals surface area (Å²) in [7, 11) is 0. The summed E-state index contributed by atoms with van der Waals surface area (Å²) in [5, 5.41) is 1.19. The molecule has 0 N–H and O–H groups in total. The Labute approximate surface area is 94.1 Å². The third-order valence-corrected chi connectivity index (χ3v) is 2.23. The second-order valence-electron chi connectivity index (χ2n) is 2.57. The van der Waals surface area contributed by atoms with E-state index in [9.17, 15) is 8.78 Å². The quantitative estimate of drug-likeness (QED) is 0.763. The fourth-order valence-electron chi connectivity index (χ4n) is 1.06. The van der Waals surface area contributed by atoms with E-state index in [4.69, 9.17) is 11.6 Å². The molecule has 0 fully saturated rings. The maximum absolute atomic E-state index is 12.0. The van der Waals surface area contributed by atoms with Crippen molar-refractivity contribution in [2.75, 3.05) is 5.33 Å². The van der Waals surface area contributed by atoms with Crippen LogP contribution >= 0.6 is 27.5 Å². The highest BCUT2D eigenvalue weighted by Gasteiger charge is 2.09. The molecule has 5 heteroatoms. The van der Waals surface area contributed by atoms with Gasteiger partial charge in [0, 0.05) is 10.4 Å². The molecule has 14 heavy (non-hydrogen) atoms. The Kier molecular flexibility index (Phi) is 4.62. The largest absolute Gasteiger partial charge is 0.435 e. The molecule has 0 unspecified atom stereocenters. The van der Waals surface area contributed by atoms with E-state index in [-0.39, 0.29) is 5.75 Å². The van der Waals surface area contributed by atoms with Gasteiger partial charge in [-0.25, -0.2) is 0 Å². The number of rotatable bonds is 4. The first-order valence-electron chi connectivity index (χ1n) is 3.92. The van der Waals surface area contributed by atoms with Crippen LogP contribution in [-0.4, -0.2) is 11.9 Å². The molecule has 0 spiro atoms. The van der Waals surface area contributed by atoms with Crippen molar-refractivity contribution in [2.24, 2.45) is 0 Å². The Morgan fingerprint density at radius 3 is 2.71 bits per heavy atom. The van der Waals surface area contributed by atoms with Crippen LogP contribution in [0.4, 0.5) is 8.78 Å². The zero-order chi connectivity index (χ0) is 10.6. The number of ether oxygens (including phenoxy) is 1. The van der Waals surface area contributed by atoms with Crippen LogP contribution in [0, 0.1) is 0 Å². The molecule has 78 valence electrons. The number of aryl methyl sites for hydroxylation is 1. The molecule has 0 amide bonds. The lowest BCUT2D eigenvalue weighted by atomic mass is 10.1. The molecular weight excluding hydrogens is 277 g/mol. The van der Waals surface area contributed by atoms with E-state index in [1.165, 1.54) is 12.1 Å². The van der Waals surface area contributed by atoms with Gasteiger partial charge in [0.2, 0.25) is 0 Å². The van der Waals surface area contributed by atoms with Gasteiger partial charge in [-0.1, -0.05) is 27.5 Å². The summed E-state index contributed by atoms with van der Waals surface area (Å²) in [6.07, 6.45) is 0.600. The first-order chi connectivity index (χ1) is 6.63. The van der Waals surface area contributed by atoms with Gasteiger partial charge < -0.3 is 4.74 Å². The van der Waals surface area contributed by atoms with Gasteiger partial charge in [0.05, 0.1) is 0 Å². The van der Waals surface area contributed by atoms with Gasteiger partial charge in [0.1, 0.15) is 5.75 Å². The summed E-state index contributed by atoms with van der Waals surface area (Å²) in [5.74, 6) is 0.184. The van der Waals surface area contributed by atoms with Crippen LogP contribution in [0.2, 0.25) is 5.02 Å². The Morgan fingerprint density at radius 2 is 2.14 bits per heavy atom. The minimum absolute atomic E-state index is 0.184. The van der Waals surface area contributed by atoms with E-state index in [1.54, 1.807) is 6.07 Å². The summed E-state index contributed by atoms with van der Waals surface area (Å²) in [6, 6.07) is 4.60. The van der Waals surface area contributed by atoms with Gasteiger partial charge in [-0.05, 0) is 30.2 Å². The molecule has 0 aliphatic carbocycles. The zero-order valence-corrected chi connectivity index (χ0v) is 9.49. The molecule has 1 aromatic carbocycles. The molecule has 1 rings (SSSR count).